The van der Waals surface area contributed by atoms with E-state index in [0.717, 1.165) is 0 Å². The number of esters is 1. The molecule has 6 heteroatoms. The van der Waals surface area contributed by atoms with E-state index in [9.17, 15) is 9.59 Å². The molecule has 0 aliphatic rings. The van der Waals surface area contributed by atoms with Crippen molar-refractivity contribution in [2.75, 3.05) is 27.8 Å². The van der Waals surface area contributed by atoms with E-state index in [-0.39, 0.29) is 17.8 Å². The Bertz CT molecular complexity index is 429. The summed E-state index contributed by atoms with van der Waals surface area (Å²) in [6, 6.07) is 1.69. The molecule has 0 aromatic carbocycles. The molecule has 1 amide bonds. The number of amides is 1. The molecule has 1 rings (SSSR count). The van der Waals surface area contributed by atoms with Gasteiger partial charge in [0.25, 0.3) is 5.91 Å². The lowest BCUT2D eigenvalue weighted by atomic mass is 10.2. The maximum atomic E-state index is 12.0. The summed E-state index contributed by atoms with van der Waals surface area (Å²) in [6.07, 6.45) is 0. The van der Waals surface area contributed by atoms with Crippen LogP contribution in [0, 0.1) is 5.92 Å². The van der Waals surface area contributed by atoms with E-state index in [0.29, 0.717) is 17.2 Å². The van der Waals surface area contributed by atoms with E-state index in [1.807, 2.05) is 0 Å². The van der Waals surface area contributed by atoms with Crippen LogP contribution in [0.2, 0.25) is 0 Å². The van der Waals surface area contributed by atoms with Gasteiger partial charge in [-0.1, -0.05) is 6.92 Å². The second-order valence-corrected chi connectivity index (χ2v) is 4.87. The highest BCUT2D eigenvalue weighted by Crippen LogP contribution is 2.22. The fraction of sp³-hybridized carbons (Fsp3) is 0.500. The molecule has 0 spiro atoms. The third-order valence-electron chi connectivity index (χ3n) is 2.52. The number of hydrogen-bond donors (Lipinski definition) is 0. The fourth-order valence-electron chi connectivity index (χ4n) is 1.50. The van der Waals surface area contributed by atoms with Crippen molar-refractivity contribution in [3.63, 3.8) is 0 Å². The van der Waals surface area contributed by atoms with E-state index in [1.165, 1.54) is 23.3 Å². The molecule has 1 aromatic heterocycles. The van der Waals surface area contributed by atoms with Crippen molar-refractivity contribution in [1.29, 1.82) is 0 Å². The number of carbonyl (C=O) groups is 2. The average Bonchev–Trinajstić information content (AvgIpc) is 2.85. The number of thiophene rings is 1. The standard InChI is InChI=1S/C12H17NO4S/c1-8(12(15)17-4)6-13(2)11(14)10-5-9(16-3)7-18-10/h5,7-8H,6H2,1-4H3. The molecule has 0 fully saturated rings. The van der Waals surface area contributed by atoms with Crippen LogP contribution in [-0.4, -0.2) is 44.6 Å². The van der Waals surface area contributed by atoms with Crippen LogP contribution in [0.1, 0.15) is 16.6 Å². The molecule has 0 radical (unpaired) electrons. The van der Waals surface area contributed by atoms with Crippen molar-refractivity contribution in [2.45, 2.75) is 6.92 Å². The van der Waals surface area contributed by atoms with Crippen LogP contribution in [0.25, 0.3) is 0 Å². The minimum atomic E-state index is -0.342. The molecule has 1 unspecified atom stereocenters. The number of rotatable bonds is 5. The van der Waals surface area contributed by atoms with Crippen LogP contribution in [-0.2, 0) is 9.53 Å². The van der Waals surface area contributed by atoms with Crippen molar-refractivity contribution in [3.05, 3.63) is 16.3 Å². The summed E-state index contributed by atoms with van der Waals surface area (Å²) in [5.74, 6) is -0.124. The first-order valence-electron chi connectivity index (χ1n) is 5.45. The molecule has 0 N–H and O–H groups in total. The van der Waals surface area contributed by atoms with E-state index < -0.39 is 0 Å². The Morgan fingerprint density at radius 1 is 1.44 bits per heavy atom. The molecule has 1 aromatic rings. The predicted octanol–water partition coefficient (Wildman–Crippen LogP) is 1.64. The second kappa shape index (κ2) is 6.39. The Morgan fingerprint density at radius 3 is 2.61 bits per heavy atom. The van der Waals surface area contributed by atoms with Gasteiger partial charge in [0.15, 0.2) is 0 Å². The highest BCUT2D eigenvalue weighted by Gasteiger charge is 2.20. The Hall–Kier alpha value is -1.56. The van der Waals surface area contributed by atoms with Gasteiger partial charge in [0.1, 0.15) is 5.75 Å². The lowest BCUT2D eigenvalue weighted by Gasteiger charge is -2.19. The van der Waals surface area contributed by atoms with Crippen molar-refractivity contribution in [3.8, 4) is 5.75 Å². The Labute approximate surface area is 110 Å². The van der Waals surface area contributed by atoms with Crippen molar-refractivity contribution in [2.24, 2.45) is 5.92 Å². The SMILES string of the molecule is COC(=O)C(C)CN(C)C(=O)c1cc(OC)cs1. The fourth-order valence-corrected chi connectivity index (χ4v) is 2.34. The molecular formula is C12H17NO4S. The van der Waals surface area contributed by atoms with Crippen LogP contribution in [0.3, 0.4) is 0 Å². The summed E-state index contributed by atoms with van der Waals surface area (Å²) in [7, 11) is 4.55. The first-order valence-corrected chi connectivity index (χ1v) is 6.33. The highest BCUT2D eigenvalue weighted by molar-refractivity contribution is 7.12. The molecule has 0 aliphatic carbocycles. The zero-order chi connectivity index (χ0) is 13.7. The summed E-state index contributed by atoms with van der Waals surface area (Å²) < 4.78 is 9.65. The average molecular weight is 271 g/mol. The van der Waals surface area contributed by atoms with Gasteiger partial charge in [-0.05, 0) is 0 Å². The number of hydrogen-bond acceptors (Lipinski definition) is 5. The Balaban J connectivity index is 2.63. The molecule has 0 saturated carbocycles. The quantitative estimate of drug-likeness (QED) is 0.764. The molecule has 0 bridgehead atoms. The largest absolute Gasteiger partial charge is 0.496 e. The summed E-state index contributed by atoms with van der Waals surface area (Å²) in [5, 5.41) is 1.77. The third-order valence-corrected chi connectivity index (χ3v) is 3.42. The number of nitrogens with zero attached hydrogens (tertiary/aromatic N) is 1. The van der Waals surface area contributed by atoms with Gasteiger partial charge >= 0.3 is 5.97 Å². The maximum absolute atomic E-state index is 12.0. The Kier molecular flexibility index (Phi) is 5.15. The van der Waals surface area contributed by atoms with Crippen LogP contribution in [0.15, 0.2) is 11.4 Å². The number of carbonyl (C=O) groups excluding carboxylic acids is 2. The lowest BCUT2D eigenvalue weighted by Crippen LogP contribution is -2.33. The van der Waals surface area contributed by atoms with Crippen LogP contribution < -0.4 is 4.74 Å². The third kappa shape index (κ3) is 3.46. The van der Waals surface area contributed by atoms with Gasteiger partial charge in [-0.25, -0.2) is 0 Å². The van der Waals surface area contributed by atoms with Crippen LogP contribution in [0.4, 0.5) is 0 Å². The Morgan fingerprint density at radius 2 is 2.11 bits per heavy atom. The van der Waals surface area contributed by atoms with Crippen molar-refractivity contribution < 1.29 is 19.1 Å². The maximum Gasteiger partial charge on any atom is 0.310 e. The minimum Gasteiger partial charge on any atom is -0.496 e. The van der Waals surface area contributed by atoms with Gasteiger partial charge in [-0.2, -0.15) is 0 Å². The zero-order valence-electron chi connectivity index (χ0n) is 10.9. The molecular weight excluding hydrogens is 254 g/mol. The van der Waals surface area contributed by atoms with Crippen molar-refractivity contribution >= 4 is 23.2 Å². The van der Waals surface area contributed by atoms with E-state index in [4.69, 9.17) is 4.74 Å². The first kappa shape index (κ1) is 14.5. The summed E-state index contributed by atoms with van der Waals surface area (Å²) in [5.41, 5.74) is 0. The number of methoxy groups -OCH3 is 2. The van der Waals surface area contributed by atoms with Crippen LogP contribution in [0.5, 0.6) is 5.75 Å². The molecule has 0 aliphatic heterocycles. The summed E-state index contributed by atoms with van der Waals surface area (Å²) >= 11 is 1.32. The molecule has 1 atom stereocenters. The zero-order valence-corrected chi connectivity index (χ0v) is 11.7. The first-order chi connectivity index (χ1) is 8.49. The topological polar surface area (TPSA) is 55.8 Å². The van der Waals surface area contributed by atoms with Gasteiger partial charge < -0.3 is 14.4 Å². The monoisotopic (exact) mass is 271 g/mol. The smallest absolute Gasteiger partial charge is 0.310 e. The molecule has 0 saturated heterocycles. The number of ether oxygens (including phenoxy) is 2. The predicted molar refractivity (Wildman–Crippen MR) is 69.0 cm³/mol. The van der Waals surface area contributed by atoms with Gasteiger partial charge in [0.2, 0.25) is 0 Å². The van der Waals surface area contributed by atoms with E-state index >= 15 is 0 Å². The minimum absolute atomic E-state index is 0.126. The van der Waals surface area contributed by atoms with Gasteiger partial charge in [-0.15, -0.1) is 11.3 Å². The van der Waals surface area contributed by atoms with E-state index in [1.54, 1.807) is 32.5 Å². The highest BCUT2D eigenvalue weighted by atomic mass is 32.1. The van der Waals surface area contributed by atoms with Gasteiger partial charge in [-0.3, -0.25) is 9.59 Å². The molecule has 1 heterocycles. The summed E-state index contributed by atoms with van der Waals surface area (Å²) in [4.78, 5) is 25.4. The molecule has 5 nitrogen and oxygen atoms in total. The molecule has 100 valence electrons. The van der Waals surface area contributed by atoms with Gasteiger partial charge in [0, 0.05) is 25.0 Å². The molecule has 18 heavy (non-hydrogen) atoms. The van der Waals surface area contributed by atoms with Gasteiger partial charge in [0.05, 0.1) is 25.0 Å². The second-order valence-electron chi connectivity index (χ2n) is 3.96. The summed E-state index contributed by atoms with van der Waals surface area (Å²) in [6.45, 7) is 2.05. The van der Waals surface area contributed by atoms with E-state index in [2.05, 4.69) is 4.74 Å². The normalized spacial score (nSPS) is 11.8. The van der Waals surface area contributed by atoms with Crippen LogP contribution >= 0.6 is 11.3 Å². The lowest BCUT2D eigenvalue weighted by molar-refractivity contribution is -0.145. The van der Waals surface area contributed by atoms with Crippen molar-refractivity contribution in [1.82, 2.24) is 4.90 Å².